The molecular formula is C27H24N4O2. The van der Waals surface area contributed by atoms with Gasteiger partial charge in [-0.2, -0.15) is 4.98 Å². The molecule has 1 aliphatic rings. The van der Waals surface area contributed by atoms with Gasteiger partial charge in [0.05, 0.1) is 17.3 Å². The maximum Gasteiger partial charge on any atom is 0.326 e. The summed E-state index contributed by atoms with van der Waals surface area (Å²) in [6.07, 6.45) is 0. The summed E-state index contributed by atoms with van der Waals surface area (Å²) in [5, 5.41) is 7.36. The number of hydrogen-bond acceptors (Lipinski definition) is 4. The molecule has 4 aromatic rings. The lowest BCUT2D eigenvalue weighted by Crippen LogP contribution is -2.46. The monoisotopic (exact) mass is 436 g/mol. The Labute approximate surface area is 192 Å². The number of hydrogen-bond donors (Lipinski definition) is 1. The second-order valence-electron chi connectivity index (χ2n) is 8.19. The summed E-state index contributed by atoms with van der Waals surface area (Å²) in [7, 11) is 0. The second kappa shape index (κ2) is 8.39. The molecule has 1 N–H and O–H groups in total. The number of allylic oxidation sites excluding steroid dienone is 1. The molecule has 1 unspecified atom stereocenters. The van der Waals surface area contributed by atoms with Crippen molar-refractivity contribution in [2.45, 2.75) is 26.8 Å². The average molecular weight is 437 g/mol. The zero-order valence-electron chi connectivity index (χ0n) is 18.7. The normalized spacial score (nSPS) is 16.2. The highest BCUT2D eigenvalue weighted by Gasteiger charge is 2.36. The third-order valence-electron chi connectivity index (χ3n) is 6.05. The van der Waals surface area contributed by atoms with Crippen LogP contribution in [0.25, 0.3) is 17.0 Å². The molecule has 2 amide bonds. The summed E-state index contributed by atoms with van der Waals surface area (Å²) in [4.78, 5) is 19.7. The number of carbonyl (C=O) groups excluding carboxylic acids is 1. The van der Waals surface area contributed by atoms with Crippen molar-refractivity contribution in [1.29, 1.82) is 0 Å². The molecular weight excluding hydrogens is 412 g/mol. The molecule has 0 radical (unpaired) electrons. The molecule has 164 valence electrons. The Hall–Kier alpha value is -4.19. The summed E-state index contributed by atoms with van der Waals surface area (Å²) in [6.45, 7) is 6.02. The Kier molecular flexibility index (Phi) is 5.26. The summed E-state index contributed by atoms with van der Waals surface area (Å²) in [5.74, 6) is 0.890. The van der Waals surface area contributed by atoms with Gasteiger partial charge in [0.2, 0.25) is 5.82 Å². The van der Waals surface area contributed by atoms with Crippen LogP contribution < -0.4 is 10.2 Å². The molecule has 5 rings (SSSR count). The van der Waals surface area contributed by atoms with Gasteiger partial charge in [-0.15, -0.1) is 0 Å². The van der Waals surface area contributed by atoms with Gasteiger partial charge >= 0.3 is 6.03 Å². The lowest BCUT2D eigenvalue weighted by atomic mass is 9.94. The summed E-state index contributed by atoms with van der Waals surface area (Å²) in [6, 6.07) is 24.9. The molecule has 1 atom stereocenters. The van der Waals surface area contributed by atoms with Crippen molar-refractivity contribution in [2.75, 3.05) is 4.90 Å². The fourth-order valence-electron chi connectivity index (χ4n) is 4.13. The second-order valence-corrected chi connectivity index (χ2v) is 8.19. The zero-order chi connectivity index (χ0) is 22.9. The van der Waals surface area contributed by atoms with Crippen molar-refractivity contribution in [2.24, 2.45) is 0 Å². The molecule has 1 aliphatic heterocycles. The van der Waals surface area contributed by atoms with Gasteiger partial charge in [-0.1, -0.05) is 71.9 Å². The molecule has 0 aliphatic carbocycles. The van der Waals surface area contributed by atoms with E-state index in [1.54, 1.807) is 4.90 Å². The predicted octanol–water partition coefficient (Wildman–Crippen LogP) is 6.06. The first-order chi connectivity index (χ1) is 16.0. The molecule has 0 spiro atoms. The Morgan fingerprint density at radius 2 is 1.58 bits per heavy atom. The van der Waals surface area contributed by atoms with E-state index in [1.807, 2.05) is 92.7 Å². The Balaban J connectivity index is 1.66. The van der Waals surface area contributed by atoms with Gasteiger partial charge in [-0.05, 0) is 49.6 Å². The molecule has 3 aromatic carbocycles. The number of benzene rings is 3. The fourth-order valence-corrected chi connectivity index (χ4v) is 4.13. The molecule has 0 bridgehead atoms. The van der Waals surface area contributed by atoms with Crippen molar-refractivity contribution in [3.05, 3.63) is 107 Å². The molecule has 0 saturated heterocycles. The van der Waals surface area contributed by atoms with Crippen LogP contribution in [0.3, 0.4) is 0 Å². The minimum absolute atomic E-state index is 0.198. The first-order valence-corrected chi connectivity index (χ1v) is 10.9. The minimum Gasteiger partial charge on any atom is -0.334 e. The van der Waals surface area contributed by atoms with E-state index >= 15 is 0 Å². The third-order valence-corrected chi connectivity index (χ3v) is 6.05. The van der Waals surface area contributed by atoms with E-state index in [0.717, 1.165) is 33.6 Å². The number of nitrogens with zero attached hydrogens (tertiary/aromatic N) is 3. The number of amides is 2. The maximum atomic E-state index is 13.3. The topological polar surface area (TPSA) is 71.3 Å². The first-order valence-electron chi connectivity index (χ1n) is 10.9. The highest BCUT2D eigenvalue weighted by Crippen LogP contribution is 2.39. The maximum absolute atomic E-state index is 13.3. The van der Waals surface area contributed by atoms with Crippen molar-refractivity contribution < 1.29 is 9.32 Å². The lowest BCUT2D eigenvalue weighted by Gasteiger charge is -2.35. The van der Waals surface area contributed by atoms with E-state index < -0.39 is 6.04 Å². The van der Waals surface area contributed by atoms with Crippen LogP contribution in [-0.2, 0) is 0 Å². The third kappa shape index (κ3) is 3.80. The average Bonchev–Trinajstić information content (AvgIpc) is 3.32. The number of nitrogens with one attached hydrogen (secondary N) is 1. The highest BCUT2D eigenvalue weighted by molar-refractivity contribution is 6.01. The Bertz CT molecular complexity index is 1340. The summed E-state index contributed by atoms with van der Waals surface area (Å²) < 4.78 is 5.75. The summed E-state index contributed by atoms with van der Waals surface area (Å²) in [5.41, 5.74) is 6.41. The molecule has 1 aromatic heterocycles. The van der Waals surface area contributed by atoms with E-state index in [2.05, 4.69) is 17.4 Å². The number of urea groups is 1. The van der Waals surface area contributed by atoms with Crippen molar-refractivity contribution in [3.8, 4) is 11.4 Å². The van der Waals surface area contributed by atoms with Crippen LogP contribution in [0, 0.1) is 13.8 Å². The van der Waals surface area contributed by atoms with E-state index in [-0.39, 0.29) is 6.03 Å². The molecule has 6 heteroatoms. The minimum atomic E-state index is -0.412. The number of rotatable bonds is 4. The van der Waals surface area contributed by atoms with Crippen molar-refractivity contribution in [1.82, 2.24) is 15.5 Å². The van der Waals surface area contributed by atoms with Crippen molar-refractivity contribution >= 4 is 17.3 Å². The molecule has 6 nitrogen and oxygen atoms in total. The number of carbonyl (C=O) groups is 1. The van der Waals surface area contributed by atoms with Crippen LogP contribution in [0.2, 0.25) is 0 Å². The fraction of sp³-hybridized carbons (Fsp3) is 0.148. The van der Waals surface area contributed by atoms with Gasteiger partial charge in [0.15, 0.2) is 0 Å². The number of aryl methyl sites for hydroxylation is 2. The van der Waals surface area contributed by atoms with Crippen LogP contribution in [-0.4, -0.2) is 16.2 Å². The number of aromatic nitrogens is 2. The smallest absolute Gasteiger partial charge is 0.326 e. The van der Waals surface area contributed by atoms with Gasteiger partial charge < -0.3 is 9.84 Å². The SMILES string of the molecule is CC1=C(c2nc(-c3ccccc3)no2)C(c2ccccc2)NC(=O)N1c1ccc(C)c(C)c1. The quantitative estimate of drug-likeness (QED) is 0.422. The molecule has 2 heterocycles. The highest BCUT2D eigenvalue weighted by atomic mass is 16.5. The van der Waals surface area contributed by atoms with Crippen LogP contribution in [0.15, 0.2) is 89.1 Å². The van der Waals surface area contributed by atoms with Gasteiger partial charge in [0, 0.05) is 11.3 Å². The van der Waals surface area contributed by atoms with Crippen molar-refractivity contribution in [3.63, 3.8) is 0 Å². The number of anilines is 1. The summed E-state index contributed by atoms with van der Waals surface area (Å²) >= 11 is 0. The van der Waals surface area contributed by atoms with Crippen LogP contribution in [0.1, 0.15) is 35.5 Å². The van der Waals surface area contributed by atoms with Crippen LogP contribution in [0.4, 0.5) is 10.5 Å². The van der Waals surface area contributed by atoms with Gasteiger partial charge in [-0.3, -0.25) is 4.90 Å². The largest absolute Gasteiger partial charge is 0.334 e. The standard InChI is InChI=1S/C27H24N4O2/c1-17-14-15-22(16-18(17)2)31-19(3)23(24(28-27(31)32)20-10-6-4-7-11-20)26-29-25(30-33-26)21-12-8-5-9-13-21/h4-16,24H,1-3H3,(H,28,32). The van der Waals surface area contributed by atoms with Gasteiger partial charge in [-0.25, -0.2) is 4.79 Å². The van der Waals surface area contributed by atoms with E-state index in [1.165, 1.54) is 5.56 Å². The van der Waals surface area contributed by atoms with Gasteiger partial charge in [0.1, 0.15) is 0 Å². The van der Waals surface area contributed by atoms with Gasteiger partial charge in [0.25, 0.3) is 5.89 Å². The van der Waals surface area contributed by atoms with E-state index in [9.17, 15) is 4.79 Å². The zero-order valence-corrected chi connectivity index (χ0v) is 18.7. The Morgan fingerprint density at radius 1 is 0.879 bits per heavy atom. The lowest BCUT2D eigenvalue weighted by molar-refractivity contribution is 0.244. The molecule has 33 heavy (non-hydrogen) atoms. The molecule has 0 fully saturated rings. The van der Waals surface area contributed by atoms with Crippen LogP contribution in [0.5, 0.6) is 0 Å². The molecule has 0 saturated carbocycles. The Morgan fingerprint density at radius 3 is 2.27 bits per heavy atom. The van der Waals surface area contributed by atoms with Crippen LogP contribution >= 0.6 is 0 Å². The van der Waals surface area contributed by atoms with E-state index in [0.29, 0.717) is 11.7 Å². The first kappa shape index (κ1) is 20.7. The van der Waals surface area contributed by atoms with E-state index in [4.69, 9.17) is 9.51 Å². The predicted molar refractivity (Wildman–Crippen MR) is 128 cm³/mol.